The van der Waals surface area contributed by atoms with Crippen molar-refractivity contribution < 1.29 is 9.53 Å². The van der Waals surface area contributed by atoms with E-state index in [2.05, 4.69) is 9.97 Å². The molecular formula is C19H23N3O2. The van der Waals surface area contributed by atoms with Gasteiger partial charge in [-0.1, -0.05) is 18.2 Å². The lowest BCUT2D eigenvalue weighted by molar-refractivity contribution is -0.132. The van der Waals surface area contributed by atoms with Crippen LogP contribution in [0.2, 0.25) is 0 Å². The smallest absolute Gasteiger partial charge is 0.228 e. The summed E-state index contributed by atoms with van der Waals surface area (Å²) < 4.78 is 5.96. The summed E-state index contributed by atoms with van der Waals surface area (Å²) in [4.78, 5) is 22.6. The van der Waals surface area contributed by atoms with Crippen LogP contribution in [0, 0.1) is 12.8 Å². The normalized spacial score (nSPS) is 17.5. The first-order chi connectivity index (χ1) is 11.7. The predicted octanol–water partition coefficient (Wildman–Crippen LogP) is 2.65. The van der Waals surface area contributed by atoms with Crippen LogP contribution >= 0.6 is 0 Å². The van der Waals surface area contributed by atoms with Crippen molar-refractivity contribution in [2.75, 3.05) is 19.7 Å². The Morgan fingerprint density at radius 2 is 2.21 bits per heavy atom. The highest BCUT2D eigenvalue weighted by Crippen LogP contribution is 2.21. The van der Waals surface area contributed by atoms with Crippen LogP contribution in [0.4, 0.5) is 0 Å². The second kappa shape index (κ2) is 7.90. The van der Waals surface area contributed by atoms with Crippen molar-refractivity contribution in [3.05, 3.63) is 54.1 Å². The molecule has 0 radical (unpaired) electrons. The molecular weight excluding hydrogens is 302 g/mol. The minimum atomic E-state index is 0.121. The quantitative estimate of drug-likeness (QED) is 0.848. The topological polar surface area (TPSA) is 55.3 Å². The number of aromatic nitrogens is 2. The Morgan fingerprint density at radius 3 is 3.00 bits per heavy atom. The summed E-state index contributed by atoms with van der Waals surface area (Å²) in [6, 6.07) is 8.04. The minimum absolute atomic E-state index is 0.121. The zero-order chi connectivity index (χ0) is 16.8. The van der Waals surface area contributed by atoms with E-state index < -0.39 is 0 Å². The first-order valence-corrected chi connectivity index (χ1v) is 8.43. The fraction of sp³-hybridized carbons (Fsp3) is 0.421. The van der Waals surface area contributed by atoms with E-state index in [4.69, 9.17) is 4.74 Å². The number of hydrogen-bond donors (Lipinski definition) is 0. The average molecular weight is 325 g/mol. The number of ether oxygens (including phenoxy) is 1. The lowest BCUT2D eigenvalue weighted by Crippen LogP contribution is -2.42. The Morgan fingerprint density at radius 1 is 1.33 bits per heavy atom. The van der Waals surface area contributed by atoms with E-state index in [1.54, 1.807) is 18.6 Å². The third-order valence-electron chi connectivity index (χ3n) is 4.39. The van der Waals surface area contributed by atoms with Gasteiger partial charge in [-0.15, -0.1) is 0 Å². The van der Waals surface area contributed by atoms with Crippen molar-refractivity contribution in [3.8, 4) is 5.75 Å². The standard InChI is InChI=1S/C19H23N3O2/c1-15-5-2-3-7-18(15)24-14-16-6-4-10-22(13-16)19(23)11-17-12-20-8-9-21-17/h2-3,5,7-9,12,16H,4,6,10-11,13-14H2,1H3/t16-/m1/s1. The van der Waals surface area contributed by atoms with Crippen molar-refractivity contribution in [2.24, 2.45) is 5.92 Å². The number of rotatable bonds is 5. The van der Waals surface area contributed by atoms with Gasteiger partial charge in [0.05, 0.1) is 18.7 Å². The summed E-state index contributed by atoms with van der Waals surface area (Å²) in [6.45, 7) is 4.28. The molecule has 0 unspecified atom stereocenters. The molecule has 2 heterocycles. The molecule has 0 aliphatic carbocycles. The molecule has 1 aromatic heterocycles. The number of piperidine rings is 1. The molecule has 3 rings (SSSR count). The largest absolute Gasteiger partial charge is 0.493 e. The van der Waals surface area contributed by atoms with Crippen molar-refractivity contribution in [2.45, 2.75) is 26.2 Å². The van der Waals surface area contributed by atoms with Crippen LogP contribution in [0.5, 0.6) is 5.75 Å². The van der Waals surface area contributed by atoms with Crippen LogP contribution in [-0.4, -0.2) is 40.5 Å². The van der Waals surface area contributed by atoms with E-state index in [0.717, 1.165) is 42.9 Å². The van der Waals surface area contributed by atoms with Crippen LogP contribution in [0.3, 0.4) is 0 Å². The molecule has 1 aliphatic heterocycles. The number of hydrogen-bond acceptors (Lipinski definition) is 4. The van der Waals surface area contributed by atoms with Crippen LogP contribution < -0.4 is 4.74 Å². The number of carbonyl (C=O) groups is 1. The Hall–Kier alpha value is -2.43. The van der Waals surface area contributed by atoms with Crippen molar-refractivity contribution >= 4 is 5.91 Å². The van der Waals surface area contributed by atoms with Crippen LogP contribution in [0.25, 0.3) is 0 Å². The Bertz CT molecular complexity index is 675. The number of benzene rings is 1. The highest BCUT2D eigenvalue weighted by molar-refractivity contribution is 5.78. The first kappa shape index (κ1) is 16.4. The molecule has 0 saturated carbocycles. The molecule has 2 aromatic rings. The van der Waals surface area contributed by atoms with E-state index >= 15 is 0 Å². The number of aryl methyl sites for hydroxylation is 1. The van der Waals surface area contributed by atoms with Crippen LogP contribution in [0.1, 0.15) is 24.1 Å². The number of para-hydroxylation sites is 1. The van der Waals surface area contributed by atoms with Gasteiger partial charge in [-0.3, -0.25) is 14.8 Å². The second-order valence-corrected chi connectivity index (χ2v) is 6.30. The first-order valence-electron chi connectivity index (χ1n) is 8.43. The fourth-order valence-electron chi connectivity index (χ4n) is 3.04. The molecule has 1 fully saturated rings. The molecule has 1 aromatic carbocycles. The van der Waals surface area contributed by atoms with Gasteiger partial charge in [0.2, 0.25) is 5.91 Å². The number of nitrogens with zero attached hydrogens (tertiary/aromatic N) is 3. The van der Waals surface area contributed by atoms with Gasteiger partial charge < -0.3 is 9.64 Å². The van der Waals surface area contributed by atoms with E-state index in [0.29, 0.717) is 18.9 Å². The molecule has 24 heavy (non-hydrogen) atoms. The molecule has 0 bridgehead atoms. The summed E-state index contributed by atoms with van der Waals surface area (Å²) in [5, 5.41) is 0. The van der Waals surface area contributed by atoms with Crippen LogP contribution in [0.15, 0.2) is 42.9 Å². The Labute approximate surface area is 142 Å². The highest BCUT2D eigenvalue weighted by atomic mass is 16.5. The van der Waals surface area contributed by atoms with Gasteiger partial charge >= 0.3 is 0 Å². The van der Waals surface area contributed by atoms with E-state index in [9.17, 15) is 4.79 Å². The minimum Gasteiger partial charge on any atom is -0.493 e. The molecule has 5 nitrogen and oxygen atoms in total. The van der Waals surface area contributed by atoms with Gasteiger partial charge in [0.25, 0.3) is 0 Å². The molecule has 1 amide bonds. The predicted molar refractivity (Wildman–Crippen MR) is 91.7 cm³/mol. The lowest BCUT2D eigenvalue weighted by atomic mass is 9.98. The number of carbonyl (C=O) groups excluding carboxylic acids is 1. The maximum atomic E-state index is 12.5. The monoisotopic (exact) mass is 325 g/mol. The zero-order valence-electron chi connectivity index (χ0n) is 14.0. The maximum absolute atomic E-state index is 12.5. The van der Waals surface area contributed by atoms with Crippen molar-refractivity contribution in [3.63, 3.8) is 0 Å². The van der Waals surface area contributed by atoms with Crippen molar-refractivity contribution in [1.29, 1.82) is 0 Å². The van der Waals surface area contributed by atoms with Gasteiger partial charge in [0, 0.05) is 37.6 Å². The van der Waals surface area contributed by atoms with Crippen molar-refractivity contribution in [1.82, 2.24) is 14.9 Å². The average Bonchev–Trinajstić information content (AvgIpc) is 2.62. The van der Waals surface area contributed by atoms with Gasteiger partial charge in [-0.2, -0.15) is 0 Å². The molecule has 1 saturated heterocycles. The van der Waals surface area contributed by atoms with Gasteiger partial charge in [0.1, 0.15) is 5.75 Å². The van der Waals surface area contributed by atoms with Gasteiger partial charge in [0.15, 0.2) is 0 Å². The second-order valence-electron chi connectivity index (χ2n) is 6.30. The van der Waals surface area contributed by atoms with E-state index in [1.807, 2.05) is 36.1 Å². The number of amides is 1. The lowest BCUT2D eigenvalue weighted by Gasteiger charge is -2.32. The summed E-state index contributed by atoms with van der Waals surface area (Å²) in [5.41, 5.74) is 1.87. The number of likely N-dealkylation sites (tertiary alicyclic amines) is 1. The Balaban J connectivity index is 1.52. The summed E-state index contributed by atoms with van der Waals surface area (Å²) in [7, 11) is 0. The molecule has 1 atom stereocenters. The van der Waals surface area contributed by atoms with Crippen LogP contribution in [-0.2, 0) is 11.2 Å². The molecule has 0 spiro atoms. The highest BCUT2D eigenvalue weighted by Gasteiger charge is 2.24. The molecule has 5 heteroatoms. The third kappa shape index (κ3) is 4.31. The van der Waals surface area contributed by atoms with Gasteiger partial charge in [-0.25, -0.2) is 0 Å². The summed E-state index contributed by atoms with van der Waals surface area (Å²) in [5.74, 6) is 1.43. The summed E-state index contributed by atoms with van der Waals surface area (Å²) >= 11 is 0. The zero-order valence-corrected chi connectivity index (χ0v) is 14.0. The third-order valence-corrected chi connectivity index (χ3v) is 4.39. The Kier molecular flexibility index (Phi) is 5.41. The molecule has 1 aliphatic rings. The van der Waals surface area contributed by atoms with Gasteiger partial charge in [-0.05, 0) is 31.4 Å². The fourth-order valence-corrected chi connectivity index (χ4v) is 3.04. The summed E-state index contributed by atoms with van der Waals surface area (Å²) in [6.07, 6.45) is 7.33. The molecule has 0 N–H and O–H groups in total. The SMILES string of the molecule is Cc1ccccc1OC[C@@H]1CCCN(C(=O)Cc2cnccn2)C1. The maximum Gasteiger partial charge on any atom is 0.228 e. The van der Waals surface area contributed by atoms with E-state index in [1.165, 1.54) is 0 Å². The van der Waals surface area contributed by atoms with E-state index in [-0.39, 0.29) is 5.91 Å². The molecule has 126 valence electrons.